The lowest BCUT2D eigenvalue weighted by Crippen LogP contribution is -2.37. The van der Waals surface area contributed by atoms with Gasteiger partial charge in [0.1, 0.15) is 0 Å². The van der Waals surface area contributed by atoms with Crippen molar-refractivity contribution in [1.29, 1.82) is 0 Å². The van der Waals surface area contributed by atoms with Crippen LogP contribution < -0.4 is 0 Å². The first-order valence-corrected chi connectivity index (χ1v) is 7.52. The quantitative estimate of drug-likeness (QED) is 0.758. The Kier molecular flexibility index (Phi) is 4.66. The molecule has 2 rings (SSSR count). The molecule has 1 N–H and O–H groups in total. The van der Waals surface area contributed by atoms with Crippen LogP contribution in [0.2, 0.25) is 0 Å². The molecule has 2 saturated carbocycles. The predicted molar refractivity (Wildman–Crippen MR) is 72.5 cm³/mol. The van der Waals surface area contributed by atoms with Crippen molar-refractivity contribution in [3.8, 4) is 0 Å². The molecule has 3 nitrogen and oxygen atoms in total. The molecule has 0 saturated heterocycles. The molecule has 0 heterocycles. The first kappa shape index (κ1) is 13.9. The van der Waals surface area contributed by atoms with E-state index in [1.165, 1.54) is 32.2 Å². The van der Waals surface area contributed by atoms with Crippen LogP contribution in [0.3, 0.4) is 0 Å². The zero-order chi connectivity index (χ0) is 13.1. The molecule has 0 amide bonds. The molecule has 0 aromatic carbocycles. The lowest BCUT2D eigenvalue weighted by Gasteiger charge is -2.32. The number of hydrogen-bond acceptors (Lipinski definition) is 2. The Labute approximate surface area is 111 Å². The molecule has 2 fully saturated rings. The van der Waals surface area contributed by atoms with Crippen LogP contribution in [0.5, 0.6) is 0 Å². The molecule has 0 aromatic heterocycles. The van der Waals surface area contributed by atoms with Crippen LogP contribution in [0.4, 0.5) is 0 Å². The van der Waals surface area contributed by atoms with Gasteiger partial charge in [0.15, 0.2) is 0 Å². The Hall–Kier alpha value is -0.570. The number of rotatable bonds is 7. The summed E-state index contributed by atoms with van der Waals surface area (Å²) in [5.41, 5.74) is 0. The molecule has 0 radical (unpaired) electrons. The van der Waals surface area contributed by atoms with E-state index in [1.807, 2.05) is 0 Å². The van der Waals surface area contributed by atoms with Gasteiger partial charge in [0.25, 0.3) is 0 Å². The van der Waals surface area contributed by atoms with E-state index in [-0.39, 0.29) is 0 Å². The highest BCUT2D eigenvalue weighted by Crippen LogP contribution is 2.48. The second kappa shape index (κ2) is 6.05. The van der Waals surface area contributed by atoms with Crippen LogP contribution in [-0.2, 0) is 4.79 Å². The van der Waals surface area contributed by atoms with E-state index in [9.17, 15) is 4.79 Å². The Bertz CT molecular complexity index is 290. The van der Waals surface area contributed by atoms with Crippen LogP contribution in [0.15, 0.2) is 0 Å². The Morgan fingerprint density at radius 3 is 2.61 bits per heavy atom. The third kappa shape index (κ3) is 3.47. The number of carboxylic acids is 1. The minimum atomic E-state index is -0.668. The molecule has 2 aliphatic carbocycles. The maximum Gasteiger partial charge on any atom is 0.303 e. The molecule has 3 heteroatoms. The second-order valence-electron chi connectivity index (χ2n) is 6.52. The SMILES string of the molecule is CC(C)N(CCCC(=O)O)CC1CC2CCC1C2. The summed E-state index contributed by atoms with van der Waals surface area (Å²) in [7, 11) is 0. The molecular weight excluding hydrogens is 226 g/mol. The van der Waals surface area contributed by atoms with Gasteiger partial charge in [-0.3, -0.25) is 4.79 Å². The van der Waals surface area contributed by atoms with Crippen molar-refractivity contribution in [3.05, 3.63) is 0 Å². The van der Waals surface area contributed by atoms with Gasteiger partial charge in [-0.05, 0) is 63.8 Å². The lowest BCUT2D eigenvalue weighted by molar-refractivity contribution is -0.137. The van der Waals surface area contributed by atoms with Gasteiger partial charge in [-0.1, -0.05) is 6.42 Å². The van der Waals surface area contributed by atoms with Crippen LogP contribution in [0.1, 0.15) is 52.4 Å². The van der Waals surface area contributed by atoms with E-state index in [1.54, 1.807) is 0 Å². The normalized spacial score (nSPS) is 30.6. The summed E-state index contributed by atoms with van der Waals surface area (Å²) in [5.74, 6) is 2.19. The van der Waals surface area contributed by atoms with Gasteiger partial charge in [0.05, 0.1) is 0 Å². The van der Waals surface area contributed by atoms with Gasteiger partial charge in [-0.15, -0.1) is 0 Å². The second-order valence-corrected chi connectivity index (χ2v) is 6.52. The lowest BCUT2D eigenvalue weighted by atomic mass is 9.88. The van der Waals surface area contributed by atoms with Crippen molar-refractivity contribution < 1.29 is 9.90 Å². The van der Waals surface area contributed by atoms with Gasteiger partial charge in [-0.2, -0.15) is 0 Å². The standard InChI is InChI=1S/C15H27NO2/c1-11(2)16(7-3-4-15(17)18)10-14-9-12-5-6-13(14)8-12/h11-14H,3-10H2,1-2H3,(H,17,18). The van der Waals surface area contributed by atoms with Crippen molar-refractivity contribution in [2.45, 2.75) is 58.4 Å². The summed E-state index contributed by atoms with van der Waals surface area (Å²) in [6.07, 6.45) is 6.88. The Balaban J connectivity index is 1.77. The molecule has 0 aliphatic heterocycles. The Morgan fingerprint density at radius 2 is 2.11 bits per heavy atom. The number of hydrogen-bond donors (Lipinski definition) is 1. The smallest absolute Gasteiger partial charge is 0.303 e. The fourth-order valence-corrected chi connectivity index (χ4v) is 3.89. The summed E-state index contributed by atoms with van der Waals surface area (Å²) < 4.78 is 0. The maximum absolute atomic E-state index is 10.6. The van der Waals surface area contributed by atoms with Crippen molar-refractivity contribution >= 4 is 5.97 Å². The van der Waals surface area contributed by atoms with Crippen molar-refractivity contribution in [2.75, 3.05) is 13.1 Å². The monoisotopic (exact) mass is 253 g/mol. The maximum atomic E-state index is 10.6. The topological polar surface area (TPSA) is 40.5 Å². The van der Waals surface area contributed by atoms with Crippen molar-refractivity contribution in [3.63, 3.8) is 0 Å². The number of carbonyl (C=O) groups is 1. The zero-order valence-corrected chi connectivity index (χ0v) is 11.8. The van der Waals surface area contributed by atoms with Gasteiger partial charge < -0.3 is 10.0 Å². The van der Waals surface area contributed by atoms with Gasteiger partial charge in [-0.25, -0.2) is 0 Å². The summed E-state index contributed by atoms with van der Waals surface area (Å²) in [5, 5.41) is 8.72. The molecule has 3 unspecified atom stereocenters. The Morgan fingerprint density at radius 1 is 1.33 bits per heavy atom. The van der Waals surface area contributed by atoms with Gasteiger partial charge >= 0.3 is 5.97 Å². The average Bonchev–Trinajstić information content (AvgIpc) is 2.88. The van der Waals surface area contributed by atoms with Crippen LogP contribution in [0.25, 0.3) is 0 Å². The number of carboxylic acid groups (broad SMARTS) is 1. The van der Waals surface area contributed by atoms with E-state index in [0.717, 1.165) is 30.7 Å². The van der Waals surface area contributed by atoms with Gasteiger partial charge in [0.2, 0.25) is 0 Å². The molecule has 3 atom stereocenters. The van der Waals surface area contributed by atoms with Crippen molar-refractivity contribution in [2.24, 2.45) is 17.8 Å². The number of fused-ring (bicyclic) bond motifs is 2. The van der Waals surface area contributed by atoms with E-state index in [2.05, 4.69) is 18.7 Å². The van der Waals surface area contributed by atoms with Crippen LogP contribution in [0, 0.1) is 17.8 Å². The van der Waals surface area contributed by atoms with E-state index in [4.69, 9.17) is 5.11 Å². The highest BCUT2D eigenvalue weighted by Gasteiger charge is 2.40. The third-order valence-corrected chi connectivity index (χ3v) is 4.92. The molecular formula is C15H27NO2. The van der Waals surface area contributed by atoms with Crippen LogP contribution >= 0.6 is 0 Å². The van der Waals surface area contributed by atoms with E-state index >= 15 is 0 Å². The van der Waals surface area contributed by atoms with Gasteiger partial charge in [0, 0.05) is 19.0 Å². The van der Waals surface area contributed by atoms with E-state index < -0.39 is 5.97 Å². The largest absolute Gasteiger partial charge is 0.481 e. The van der Waals surface area contributed by atoms with Crippen molar-refractivity contribution in [1.82, 2.24) is 4.90 Å². The molecule has 2 aliphatic rings. The average molecular weight is 253 g/mol. The molecule has 104 valence electrons. The fraction of sp³-hybridized carbons (Fsp3) is 0.933. The predicted octanol–water partition coefficient (Wildman–Crippen LogP) is 3.00. The minimum Gasteiger partial charge on any atom is -0.481 e. The summed E-state index contributed by atoms with van der Waals surface area (Å²) in [6, 6.07) is 0.540. The zero-order valence-electron chi connectivity index (χ0n) is 11.8. The molecule has 0 spiro atoms. The number of aliphatic carboxylic acids is 1. The third-order valence-electron chi connectivity index (χ3n) is 4.92. The molecule has 18 heavy (non-hydrogen) atoms. The number of nitrogens with zero attached hydrogens (tertiary/aromatic N) is 1. The van der Waals surface area contributed by atoms with E-state index in [0.29, 0.717) is 12.5 Å². The van der Waals surface area contributed by atoms with Crippen LogP contribution in [-0.4, -0.2) is 35.1 Å². The highest BCUT2D eigenvalue weighted by atomic mass is 16.4. The fourth-order valence-electron chi connectivity index (χ4n) is 3.89. The molecule has 2 bridgehead atoms. The molecule has 0 aromatic rings. The summed E-state index contributed by atoms with van der Waals surface area (Å²) in [6.45, 7) is 6.60. The summed E-state index contributed by atoms with van der Waals surface area (Å²) >= 11 is 0. The first-order valence-electron chi connectivity index (χ1n) is 7.52. The minimum absolute atomic E-state index is 0.305. The first-order chi connectivity index (χ1) is 8.56. The summed E-state index contributed by atoms with van der Waals surface area (Å²) in [4.78, 5) is 13.1. The highest BCUT2D eigenvalue weighted by molar-refractivity contribution is 5.66.